The molecule has 0 aliphatic rings. The molecule has 136 valence electrons. The van der Waals surface area contributed by atoms with Crippen molar-refractivity contribution < 1.29 is 17.9 Å². The molecule has 0 unspecified atom stereocenters. The van der Waals surface area contributed by atoms with Gasteiger partial charge in [0, 0.05) is 12.7 Å². The molecule has 0 saturated heterocycles. The molecule has 1 aromatic heterocycles. The fourth-order valence-electron chi connectivity index (χ4n) is 1.77. The van der Waals surface area contributed by atoms with E-state index in [0.717, 1.165) is 11.3 Å². The average molecular weight is 405 g/mol. The summed E-state index contributed by atoms with van der Waals surface area (Å²) in [6, 6.07) is 6.38. The van der Waals surface area contributed by atoms with E-state index in [1.807, 2.05) is 6.92 Å². The van der Waals surface area contributed by atoms with Crippen molar-refractivity contribution in [3.63, 3.8) is 0 Å². The topological polar surface area (TPSA) is 101 Å². The van der Waals surface area contributed by atoms with Crippen molar-refractivity contribution in [1.29, 1.82) is 0 Å². The summed E-state index contributed by atoms with van der Waals surface area (Å²) in [5.74, 6) is 0.697. The number of aromatic nitrogens is 1. The maximum atomic E-state index is 12.3. The van der Waals surface area contributed by atoms with E-state index in [2.05, 4.69) is 15.0 Å². The number of urea groups is 1. The molecule has 0 aliphatic carbocycles. The van der Waals surface area contributed by atoms with E-state index in [1.165, 1.54) is 19.0 Å². The van der Waals surface area contributed by atoms with Gasteiger partial charge in [-0.15, -0.1) is 0 Å². The number of rotatable bonds is 6. The van der Waals surface area contributed by atoms with Crippen LogP contribution in [0.25, 0.3) is 0 Å². The van der Waals surface area contributed by atoms with Gasteiger partial charge in [-0.3, -0.25) is 4.90 Å². The van der Waals surface area contributed by atoms with Crippen LogP contribution in [0.4, 0.5) is 15.6 Å². The number of hydrogen-bond acceptors (Lipinski definition) is 6. The van der Waals surface area contributed by atoms with Gasteiger partial charge in [0.15, 0.2) is 14.5 Å². The van der Waals surface area contributed by atoms with Gasteiger partial charge in [0.25, 0.3) is 10.0 Å². The Morgan fingerprint density at radius 1 is 1.36 bits per heavy atom. The van der Waals surface area contributed by atoms with Gasteiger partial charge in [0.05, 0.1) is 6.61 Å². The van der Waals surface area contributed by atoms with E-state index < -0.39 is 16.1 Å². The molecule has 0 spiro atoms. The Bertz CT molecular complexity index is 852. The zero-order valence-electron chi connectivity index (χ0n) is 13.7. The molecule has 0 fully saturated rings. The second-order valence-corrected chi connectivity index (χ2v) is 8.15. The number of nitrogens with zero attached hydrogens (tertiary/aromatic N) is 2. The van der Waals surface area contributed by atoms with Gasteiger partial charge < -0.3 is 10.1 Å². The molecule has 1 aromatic carbocycles. The normalized spacial score (nSPS) is 11.2. The Labute approximate surface area is 154 Å². The summed E-state index contributed by atoms with van der Waals surface area (Å²) in [4.78, 5) is 17.4. The van der Waals surface area contributed by atoms with Gasteiger partial charge in [0.1, 0.15) is 5.75 Å². The Morgan fingerprint density at radius 2 is 2.00 bits per heavy atom. The van der Waals surface area contributed by atoms with Gasteiger partial charge in [-0.25, -0.2) is 22.9 Å². The number of carbonyl (C=O) groups excluding carboxylic acids is 1. The molecule has 2 aromatic rings. The van der Waals surface area contributed by atoms with E-state index in [1.54, 1.807) is 24.3 Å². The Hall–Kier alpha value is -1.88. The first-order valence-electron chi connectivity index (χ1n) is 7.16. The zero-order valence-corrected chi connectivity index (χ0v) is 16.1. The fraction of sp³-hybridized carbons (Fsp3) is 0.286. The van der Waals surface area contributed by atoms with Gasteiger partial charge in [-0.2, -0.15) is 0 Å². The number of sulfonamides is 1. The molecule has 0 aliphatic heterocycles. The van der Waals surface area contributed by atoms with Crippen LogP contribution in [-0.2, 0) is 10.0 Å². The minimum absolute atomic E-state index is 0.146. The van der Waals surface area contributed by atoms with Crippen molar-refractivity contribution in [3.8, 4) is 5.75 Å². The van der Waals surface area contributed by atoms with E-state index in [9.17, 15) is 13.2 Å². The number of nitrogens with one attached hydrogen (secondary N) is 2. The Balaban J connectivity index is 2.13. The molecule has 1 heterocycles. The summed E-state index contributed by atoms with van der Waals surface area (Å²) in [6.07, 6.45) is 0. The zero-order chi connectivity index (χ0) is 18.6. The summed E-state index contributed by atoms with van der Waals surface area (Å²) < 4.78 is 31.0. The number of amides is 2. The predicted molar refractivity (Wildman–Crippen MR) is 98.4 cm³/mol. The first-order chi connectivity index (χ1) is 11.8. The quantitative estimate of drug-likeness (QED) is 0.770. The highest BCUT2D eigenvalue weighted by atomic mass is 35.5. The predicted octanol–water partition coefficient (Wildman–Crippen LogP) is 2.77. The van der Waals surface area contributed by atoms with Crippen molar-refractivity contribution in [2.24, 2.45) is 0 Å². The molecule has 0 atom stereocenters. The van der Waals surface area contributed by atoms with Crippen LogP contribution in [0.5, 0.6) is 5.75 Å². The molecule has 0 saturated carbocycles. The molecule has 0 bridgehead atoms. The molecule has 0 radical (unpaired) electrons. The van der Waals surface area contributed by atoms with Crippen LogP contribution in [0.15, 0.2) is 28.5 Å². The van der Waals surface area contributed by atoms with Crippen molar-refractivity contribution in [3.05, 3.63) is 29.4 Å². The highest BCUT2D eigenvalue weighted by molar-refractivity contribution is 7.91. The average Bonchev–Trinajstić information content (AvgIpc) is 2.98. The van der Waals surface area contributed by atoms with E-state index >= 15 is 0 Å². The largest absolute Gasteiger partial charge is 0.494 e. The molecule has 2 amide bonds. The number of ether oxygens (including phenoxy) is 1. The summed E-state index contributed by atoms with van der Waals surface area (Å²) >= 11 is 6.67. The molecular weight excluding hydrogens is 388 g/mol. The summed E-state index contributed by atoms with van der Waals surface area (Å²) in [7, 11) is -0.996. The lowest BCUT2D eigenvalue weighted by Crippen LogP contribution is -2.31. The number of anilines is 2. The maximum absolute atomic E-state index is 12.3. The van der Waals surface area contributed by atoms with Crippen molar-refractivity contribution >= 4 is 49.8 Å². The Morgan fingerprint density at radius 3 is 2.56 bits per heavy atom. The highest BCUT2D eigenvalue weighted by Crippen LogP contribution is 2.32. The minimum Gasteiger partial charge on any atom is -0.494 e. The Kier molecular flexibility index (Phi) is 6.22. The lowest BCUT2D eigenvalue weighted by atomic mass is 10.3. The van der Waals surface area contributed by atoms with Crippen LogP contribution in [0.3, 0.4) is 0 Å². The number of carbonyl (C=O) groups is 1. The van der Waals surface area contributed by atoms with Gasteiger partial charge >= 0.3 is 6.03 Å². The molecule has 2 rings (SSSR count). The second-order valence-electron chi connectivity index (χ2n) is 4.73. The first kappa shape index (κ1) is 19.4. The third-order valence-electron chi connectivity index (χ3n) is 3.07. The van der Waals surface area contributed by atoms with Crippen molar-refractivity contribution in [2.45, 2.75) is 11.1 Å². The van der Waals surface area contributed by atoms with Crippen LogP contribution in [0.1, 0.15) is 6.92 Å². The number of benzene rings is 1. The monoisotopic (exact) mass is 404 g/mol. The van der Waals surface area contributed by atoms with Crippen LogP contribution in [0, 0.1) is 0 Å². The first-order valence-corrected chi connectivity index (χ1v) is 9.83. The molecule has 11 heteroatoms. The van der Waals surface area contributed by atoms with Crippen molar-refractivity contribution in [1.82, 2.24) is 9.71 Å². The van der Waals surface area contributed by atoms with Crippen LogP contribution in [-0.4, -0.2) is 40.1 Å². The van der Waals surface area contributed by atoms with Crippen LogP contribution in [0.2, 0.25) is 5.15 Å². The maximum Gasteiger partial charge on any atom is 0.327 e. The third kappa shape index (κ3) is 4.60. The lowest BCUT2D eigenvalue weighted by molar-refractivity contribution is 0.258. The third-order valence-corrected chi connectivity index (χ3v) is 6.62. The van der Waals surface area contributed by atoms with Gasteiger partial charge in [0.2, 0.25) is 0 Å². The van der Waals surface area contributed by atoms with E-state index in [-0.39, 0.29) is 14.5 Å². The highest BCUT2D eigenvalue weighted by Gasteiger charge is 2.25. The lowest BCUT2D eigenvalue weighted by Gasteiger charge is -2.15. The van der Waals surface area contributed by atoms with Crippen LogP contribution >= 0.6 is 22.9 Å². The molecule has 2 N–H and O–H groups in total. The standard InChI is InChI=1S/C14H17ClN4O4S2/c1-4-23-10-7-5-9(6-8-10)17-13(20)19(3)14-18-11(15)12(24-14)25(21,22)16-2/h5-8,16H,4H2,1-3H3,(H,17,20). The summed E-state index contributed by atoms with van der Waals surface area (Å²) in [5.41, 5.74) is 0.561. The minimum atomic E-state index is -3.73. The number of halogens is 1. The van der Waals surface area contributed by atoms with Gasteiger partial charge in [-0.1, -0.05) is 22.9 Å². The van der Waals surface area contributed by atoms with E-state index in [0.29, 0.717) is 18.0 Å². The fourth-order valence-corrected chi connectivity index (χ4v) is 4.34. The van der Waals surface area contributed by atoms with Gasteiger partial charge in [-0.05, 0) is 38.2 Å². The number of hydrogen-bond donors (Lipinski definition) is 2. The van der Waals surface area contributed by atoms with E-state index in [4.69, 9.17) is 16.3 Å². The second kappa shape index (κ2) is 8.00. The smallest absolute Gasteiger partial charge is 0.327 e. The molecule has 8 nitrogen and oxygen atoms in total. The SMILES string of the molecule is CCOc1ccc(NC(=O)N(C)c2nc(Cl)c(S(=O)(=O)NC)s2)cc1. The molecule has 25 heavy (non-hydrogen) atoms. The molecular formula is C14H17ClN4O4S2. The summed E-state index contributed by atoms with van der Waals surface area (Å²) in [6.45, 7) is 2.43. The van der Waals surface area contributed by atoms with Crippen molar-refractivity contribution in [2.75, 3.05) is 30.9 Å². The summed E-state index contributed by atoms with van der Waals surface area (Å²) in [5, 5.41) is 2.65. The van der Waals surface area contributed by atoms with Crippen LogP contribution < -0.4 is 19.7 Å². The number of thiazole rings is 1.